The van der Waals surface area contributed by atoms with Gasteiger partial charge in [-0.05, 0) is 45.4 Å². The summed E-state index contributed by atoms with van der Waals surface area (Å²) < 4.78 is 0. The molecule has 2 fully saturated rings. The summed E-state index contributed by atoms with van der Waals surface area (Å²) in [6.07, 6.45) is 4.13. The number of aliphatic hydroxyl groups excluding tert-OH is 1. The number of amides is 2. The van der Waals surface area contributed by atoms with Crippen molar-refractivity contribution in [1.82, 2.24) is 15.5 Å². The first kappa shape index (κ1) is 16.3. The van der Waals surface area contributed by atoms with Gasteiger partial charge in [0, 0.05) is 25.7 Å². The summed E-state index contributed by atoms with van der Waals surface area (Å²) in [6, 6.07) is 0.0883. The summed E-state index contributed by atoms with van der Waals surface area (Å²) in [5, 5.41) is 15.5. The minimum Gasteiger partial charge on any atom is -0.394 e. The Morgan fingerprint density at radius 2 is 1.95 bits per heavy atom. The van der Waals surface area contributed by atoms with E-state index in [1.165, 1.54) is 5.57 Å². The van der Waals surface area contributed by atoms with Crippen molar-refractivity contribution >= 4 is 6.03 Å². The van der Waals surface area contributed by atoms with Crippen molar-refractivity contribution < 1.29 is 9.90 Å². The van der Waals surface area contributed by atoms with E-state index in [9.17, 15) is 9.90 Å². The topological polar surface area (TPSA) is 64.6 Å². The summed E-state index contributed by atoms with van der Waals surface area (Å²) in [6.45, 7) is 10.9. The summed E-state index contributed by atoms with van der Waals surface area (Å²) >= 11 is 0. The quantitative estimate of drug-likeness (QED) is 0.651. The van der Waals surface area contributed by atoms with Crippen LogP contribution in [0.1, 0.15) is 39.5 Å². The van der Waals surface area contributed by atoms with E-state index in [-0.39, 0.29) is 18.7 Å². The molecule has 1 aliphatic heterocycles. The van der Waals surface area contributed by atoms with Crippen LogP contribution in [0.25, 0.3) is 0 Å². The molecular formula is C16H29N3O2. The van der Waals surface area contributed by atoms with Crippen LogP contribution in [0.4, 0.5) is 4.79 Å². The third-order valence-corrected chi connectivity index (χ3v) is 4.62. The van der Waals surface area contributed by atoms with Crippen molar-refractivity contribution in [2.24, 2.45) is 5.92 Å². The van der Waals surface area contributed by atoms with Gasteiger partial charge in [-0.15, -0.1) is 0 Å². The summed E-state index contributed by atoms with van der Waals surface area (Å²) in [7, 11) is 0. The molecule has 120 valence electrons. The molecule has 3 N–H and O–H groups in total. The van der Waals surface area contributed by atoms with Gasteiger partial charge in [-0.25, -0.2) is 4.79 Å². The molecule has 2 rings (SSSR count). The number of nitrogens with one attached hydrogen (secondary N) is 2. The molecule has 0 aromatic heterocycles. The van der Waals surface area contributed by atoms with Crippen molar-refractivity contribution in [2.75, 3.05) is 26.2 Å². The van der Waals surface area contributed by atoms with Gasteiger partial charge in [0.05, 0.1) is 12.1 Å². The Labute approximate surface area is 127 Å². The van der Waals surface area contributed by atoms with E-state index >= 15 is 0 Å². The number of nitrogens with zero attached hydrogens (tertiary/aromatic N) is 1. The lowest BCUT2D eigenvalue weighted by Gasteiger charge is -2.34. The number of hydrogen-bond acceptors (Lipinski definition) is 3. The third kappa shape index (κ3) is 4.71. The lowest BCUT2D eigenvalue weighted by Crippen LogP contribution is -2.56. The van der Waals surface area contributed by atoms with Crippen molar-refractivity contribution in [3.8, 4) is 0 Å². The van der Waals surface area contributed by atoms with Crippen molar-refractivity contribution in [2.45, 2.75) is 51.1 Å². The fourth-order valence-corrected chi connectivity index (χ4v) is 3.09. The van der Waals surface area contributed by atoms with E-state index in [2.05, 4.69) is 22.1 Å². The molecular weight excluding hydrogens is 266 g/mol. The van der Waals surface area contributed by atoms with E-state index in [0.717, 1.165) is 45.3 Å². The first-order chi connectivity index (χ1) is 9.93. The highest BCUT2D eigenvalue weighted by Crippen LogP contribution is 2.39. The van der Waals surface area contributed by atoms with Crippen LogP contribution in [0.2, 0.25) is 0 Å². The van der Waals surface area contributed by atoms with E-state index in [1.54, 1.807) is 0 Å². The van der Waals surface area contributed by atoms with Crippen LogP contribution in [0, 0.1) is 5.92 Å². The van der Waals surface area contributed by atoms with Gasteiger partial charge in [0.2, 0.25) is 0 Å². The summed E-state index contributed by atoms with van der Waals surface area (Å²) in [5.41, 5.74) is 0.715. The summed E-state index contributed by atoms with van der Waals surface area (Å²) in [4.78, 5) is 14.5. The van der Waals surface area contributed by atoms with E-state index < -0.39 is 5.54 Å². The number of urea groups is 1. The SMILES string of the molecule is C=C(C)CN1CCC(NC(=O)NC(C)(CO)C2CC2)CC1. The van der Waals surface area contributed by atoms with Gasteiger partial charge in [0.25, 0.3) is 0 Å². The Morgan fingerprint density at radius 1 is 1.33 bits per heavy atom. The fourth-order valence-electron chi connectivity index (χ4n) is 3.09. The van der Waals surface area contributed by atoms with Crippen molar-refractivity contribution in [3.63, 3.8) is 0 Å². The molecule has 1 saturated heterocycles. The van der Waals surface area contributed by atoms with E-state index in [4.69, 9.17) is 0 Å². The Bertz CT molecular complexity index is 387. The Morgan fingerprint density at radius 3 is 2.43 bits per heavy atom. The Balaban J connectivity index is 1.73. The minimum atomic E-state index is -0.468. The molecule has 2 amide bonds. The number of carbonyl (C=O) groups excluding carboxylic acids is 1. The second-order valence-corrected chi connectivity index (χ2v) is 6.96. The van der Waals surface area contributed by atoms with E-state index in [1.807, 2.05) is 13.8 Å². The highest BCUT2D eigenvalue weighted by atomic mass is 16.3. The monoisotopic (exact) mass is 295 g/mol. The normalized spacial score (nSPS) is 23.4. The zero-order chi connectivity index (χ0) is 15.5. The van der Waals surface area contributed by atoms with Crippen LogP contribution in [0.3, 0.4) is 0 Å². The Hall–Kier alpha value is -1.07. The van der Waals surface area contributed by atoms with Gasteiger partial charge in [-0.1, -0.05) is 12.2 Å². The molecule has 1 aliphatic carbocycles. The second-order valence-electron chi connectivity index (χ2n) is 6.96. The molecule has 1 heterocycles. The molecule has 0 aromatic carbocycles. The second kappa shape index (κ2) is 6.79. The molecule has 0 bridgehead atoms. The van der Waals surface area contributed by atoms with Gasteiger partial charge in [-0.3, -0.25) is 4.90 Å². The molecule has 1 atom stereocenters. The van der Waals surface area contributed by atoms with E-state index in [0.29, 0.717) is 5.92 Å². The number of rotatable bonds is 6. The minimum absolute atomic E-state index is 0.00213. The molecule has 0 aromatic rings. The lowest BCUT2D eigenvalue weighted by molar-refractivity contribution is 0.150. The van der Waals surface area contributed by atoms with Crippen molar-refractivity contribution in [1.29, 1.82) is 0 Å². The van der Waals surface area contributed by atoms with Gasteiger partial charge in [0.15, 0.2) is 0 Å². The van der Waals surface area contributed by atoms with Gasteiger partial charge >= 0.3 is 6.03 Å². The smallest absolute Gasteiger partial charge is 0.315 e. The Kier molecular flexibility index (Phi) is 5.27. The fraction of sp³-hybridized carbons (Fsp3) is 0.812. The molecule has 5 nitrogen and oxygen atoms in total. The number of aliphatic hydroxyl groups is 1. The number of hydrogen-bond donors (Lipinski definition) is 3. The maximum absolute atomic E-state index is 12.1. The molecule has 2 aliphatic rings. The van der Waals surface area contributed by atoms with Gasteiger partial charge < -0.3 is 15.7 Å². The van der Waals surface area contributed by atoms with Crippen LogP contribution in [0.5, 0.6) is 0 Å². The molecule has 0 radical (unpaired) electrons. The number of likely N-dealkylation sites (tertiary alicyclic amines) is 1. The van der Waals surface area contributed by atoms with Crippen LogP contribution >= 0.6 is 0 Å². The maximum Gasteiger partial charge on any atom is 0.315 e. The first-order valence-electron chi connectivity index (χ1n) is 7.99. The average Bonchev–Trinajstić information content (AvgIpc) is 3.25. The van der Waals surface area contributed by atoms with Crippen LogP contribution in [-0.4, -0.2) is 53.9 Å². The predicted octanol–water partition coefficient (Wildman–Crippen LogP) is 1.49. The molecule has 5 heteroatoms. The zero-order valence-corrected chi connectivity index (χ0v) is 13.3. The number of piperidine rings is 1. The maximum atomic E-state index is 12.1. The highest BCUT2D eigenvalue weighted by Gasteiger charge is 2.42. The highest BCUT2D eigenvalue weighted by molar-refractivity contribution is 5.75. The molecule has 21 heavy (non-hydrogen) atoms. The lowest BCUT2D eigenvalue weighted by atomic mass is 9.97. The van der Waals surface area contributed by atoms with Gasteiger partial charge in [0.1, 0.15) is 0 Å². The van der Waals surface area contributed by atoms with Crippen LogP contribution in [-0.2, 0) is 0 Å². The number of carbonyl (C=O) groups is 1. The molecule has 0 spiro atoms. The first-order valence-corrected chi connectivity index (χ1v) is 7.99. The summed E-state index contributed by atoms with van der Waals surface area (Å²) in [5.74, 6) is 0.422. The largest absolute Gasteiger partial charge is 0.394 e. The molecule has 1 unspecified atom stereocenters. The zero-order valence-electron chi connectivity index (χ0n) is 13.3. The van der Waals surface area contributed by atoms with Crippen LogP contribution in [0.15, 0.2) is 12.2 Å². The molecule has 1 saturated carbocycles. The predicted molar refractivity (Wildman–Crippen MR) is 84.2 cm³/mol. The third-order valence-electron chi connectivity index (χ3n) is 4.62. The van der Waals surface area contributed by atoms with Gasteiger partial charge in [-0.2, -0.15) is 0 Å². The van der Waals surface area contributed by atoms with Crippen molar-refractivity contribution in [3.05, 3.63) is 12.2 Å². The standard InChI is InChI=1S/C16H29N3O2/c1-12(2)10-19-8-6-14(7-9-19)17-15(21)18-16(3,11-20)13-4-5-13/h13-14,20H,1,4-11H2,2-3H3,(H2,17,18,21). The average molecular weight is 295 g/mol. The van der Waals surface area contributed by atoms with Crippen LogP contribution < -0.4 is 10.6 Å².